The fraction of sp³-hybridized carbons (Fsp3) is 0.500. The maximum atomic E-state index is 12.8. The van der Waals surface area contributed by atoms with E-state index in [9.17, 15) is 4.79 Å². The molecule has 1 aliphatic heterocycles. The number of anilines is 1. The molecule has 0 saturated heterocycles. The highest BCUT2D eigenvalue weighted by Crippen LogP contribution is 2.27. The first-order valence-corrected chi connectivity index (χ1v) is 9.48. The molecule has 25 heavy (non-hydrogen) atoms. The second-order valence-electron chi connectivity index (χ2n) is 7.06. The summed E-state index contributed by atoms with van der Waals surface area (Å²) in [5.41, 5.74) is 2.57. The van der Waals surface area contributed by atoms with Gasteiger partial charge in [-0.15, -0.1) is 0 Å². The van der Waals surface area contributed by atoms with Crippen LogP contribution < -0.4 is 10.2 Å². The Hall–Kier alpha value is -1.99. The van der Waals surface area contributed by atoms with E-state index in [1.807, 2.05) is 19.0 Å². The third kappa shape index (κ3) is 3.67. The third-order valence-corrected chi connectivity index (χ3v) is 5.68. The molecule has 1 atom stereocenters. The summed E-state index contributed by atoms with van der Waals surface area (Å²) in [7, 11) is 3.93. The van der Waals surface area contributed by atoms with Crippen LogP contribution >= 0.6 is 11.5 Å². The molecular formula is C18H23N5OS. The van der Waals surface area contributed by atoms with Gasteiger partial charge in [0.2, 0.25) is 11.0 Å². The number of amides is 1. The zero-order chi connectivity index (χ0) is 17.4. The van der Waals surface area contributed by atoms with Gasteiger partial charge in [0.15, 0.2) is 5.82 Å². The summed E-state index contributed by atoms with van der Waals surface area (Å²) >= 11 is 1.40. The summed E-state index contributed by atoms with van der Waals surface area (Å²) in [5.74, 6) is 0.928. The van der Waals surface area contributed by atoms with Crippen LogP contribution in [0.25, 0.3) is 0 Å². The number of fused-ring (bicyclic) bond motifs is 1. The van der Waals surface area contributed by atoms with Crippen LogP contribution in [0.15, 0.2) is 24.3 Å². The van der Waals surface area contributed by atoms with Crippen molar-refractivity contribution in [2.75, 3.05) is 19.0 Å². The fourth-order valence-electron chi connectivity index (χ4n) is 3.20. The topological polar surface area (TPSA) is 61.4 Å². The van der Waals surface area contributed by atoms with Gasteiger partial charge in [0.25, 0.3) is 0 Å². The van der Waals surface area contributed by atoms with E-state index < -0.39 is 0 Å². The zero-order valence-corrected chi connectivity index (χ0v) is 15.4. The Balaban J connectivity index is 1.55. The molecule has 1 fully saturated rings. The van der Waals surface area contributed by atoms with Gasteiger partial charge in [0, 0.05) is 38.2 Å². The summed E-state index contributed by atoms with van der Waals surface area (Å²) in [4.78, 5) is 21.5. The number of aromatic nitrogens is 2. The molecule has 1 saturated carbocycles. The van der Waals surface area contributed by atoms with Gasteiger partial charge in [-0.1, -0.05) is 24.3 Å². The highest BCUT2D eigenvalue weighted by Gasteiger charge is 2.34. The summed E-state index contributed by atoms with van der Waals surface area (Å²) < 4.78 is 4.47. The molecule has 2 heterocycles. The first-order chi connectivity index (χ1) is 12.1. The molecule has 7 heteroatoms. The molecule has 1 aliphatic carbocycles. The van der Waals surface area contributed by atoms with Gasteiger partial charge in [-0.3, -0.25) is 9.69 Å². The van der Waals surface area contributed by atoms with Crippen molar-refractivity contribution in [2.45, 2.75) is 44.4 Å². The van der Waals surface area contributed by atoms with Crippen molar-refractivity contribution in [2.24, 2.45) is 0 Å². The second kappa shape index (κ2) is 6.72. The lowest BCUT2D eigenvalue weighted by Gasteiger charge is -2.35. The van der Waals surface area contributed by atoms with Crippen LogP contribution in [0.1, 0.15) is 29.8 Å². The SMILES string of the molecule is CN(C)c1nc(CN2Cc3ccccc3C[C@@H]2C(=O)NC2CC2)ns1. The Morgan fingerprint density at radius 2 is 2.08 bits per heavy atom. The van der Waals surface area contributed by atoms with Crippen LogP contribution in [0.5, 0.6) is 0 Å². The number of carbonyl (C=O) groups is 1. The minimum Gasteiger partial charge on any atom is -0.353 e. The molecule has 1 aromatic heterocycles. The maximum absolute atomic E-state index is 12.8. The highest BCUT2D eigenvalue weighted by atomic mass is 32.1. The standard InChI is InChI=1S/C18H23N5OS/c1-22(2)18-20-16(21-25-18)11-23-10-13-6-4-3-5-12(13)9-15(23)17(24)19-14-7-8-14/h3-6,14-15H,7-11H2,1-2H3,(H,19,24)/t15-/m1/s1. The van der Waals surface area contributed by atoms with E-state index in [1.54, 1.807) is 0 Å². The smallest absolute Gasteiger partial charge is 0.237 e. The van der Waals surface area contributed by atoms with E-state index in [4.69, 9.17) is 0 Å². The predicted molar refractivity (Wildman–Crippen MR) is 98.6 cm³/mol. The molecular weight excluding hydrogens is 334 g/mol. The molecule has 2 aromatic rings. The van der Waals surface area contributed by atoms with Crippen LogP contribution in [0, 0.1) is 0 Å². The lowest BCUT2D eigenvalue weighted by Crippen LogP contribution is -2.50. The number of hydrogen-bond acceptors (Lipinski definition) is 6. The Labute approximate surface area is 152 Å². The summed E-state index contributed by atoms with van der Waals surface area (Å²) in [6.45, 7) is 1.36. The van der Waals surface area contributed by atoms with Gasteiger partial charge in [0.1, 0.15) is 0 Å². The van der Waals surface area contributed by atoms with E-state index >= 15 is 0 Å². The predicted octanol–water partition coefficient (Wildman–Crippen LogP) is 1.81. The van der Waals surface area contributed by atoms with Crippen LogP contribution in [-0.4, -0.2) is 46.3 Å². The highest BCUT2D eigenvalue weighted by molar-refractivity contribution is 7.09. The molecule has 0 radical (unpaired) electrons. The first-order valence-electron chi connectivity index (χ1n) is 8.71. The Bertz CT molecular complexity index is 770. The minimum absolute atomic E-state index is 0.139. The number of nitrogens with one attached hydrogen (secondary N) is 1. The second-order valence-corrected chi connectivity index (χ2v) is 7.79. The molecule has 0 unspecified atom stereocenters. The Kier molecular flexibility index (Phi) is 4.43. The lowest BCUT2D eigenvalue weighted by molar-refractivity contribution is -0.127. The quantitative estimate of drug-likeness (QED) is 0.884. The van der Waals surface area contributed by atoms with Crippen LogP contribution in [0.3, 0.4) is 0 Å². The van der Waals surface area contributed by atoms with Gasteiger partial charge < -0.3 is 10.2 Å². The van der Waals surface area contributed by atoms with Gasteiger partial charge >= 0.3 is 0 Å². The summed E-state index contributed by atoms with van der Waals surface area (Å²) in [5, 5.41) is 4.06. The summed E-state index contributed by atoms with van der Waals surface area (Å²) in [6.07, 6.45) is 2.96. The van der Waals surface area contributed by atoms with Gasteiger partial charge in [-0.05, 0) is 30.4 Å². The Morgan fingerprint density at radius 1 is 1.32 bits per heavy atom. The average Bonchev–Trinajstić information content (AvgIpc) is 3.28. The normalized spacial score (nSPS) is 20.2. The molecule has 1 aromatic carbocycles. The van der Waals surface area contributed by atoms with Crippen LogP contribution in [0.4, 0.5) is 5.13 Å². The largest absolute Gasteiger partial charge is 0.353 e. The molecule has 4 rings (SSSR count). The monoisotopic (exact) mass is 357 g/mol. The Morgan fingerprint density at radius 3 is 2.76 bits per heavy atom. The number of benzene rings is 1. The summed E-state index contributed by atoms with van der Waals surface area (Å²) in [6, 6.07) is 8.63. The molecule has 6 nitrogen and oxygen atoms in total. The maximum Gasteiger partial charge on any atom is 0.237 e. The van der Waals surface area contributed by atoms with E-state index in [0.29, 0.717) is 12.6 Å². The van der Waals surface area contributed by atoms with E-state index in [0.717, 1.165) is 36.8 Å². The van der Waals surface area contributed by atoms with Crippen molar-refractivity contribution in [1.82, 2.24) is 19.6 Å². The zero-order valence-electron chi connectivity index (χ0n) is 14.6. The molecule has 0 spiro atoms. The van der Waals surface area contributed by atoms with E-state index in [-0.39, 0.29) is 11.9 Å². The van der Waals surface area contributed by atoms with E-state index in [2.05, 4.69) is 43.8 Å². The van der Waals surface area contributed by atoms with Crippen LogP contribution in [-0.2, 0) is 24.3 Å². The van der Waals surface area contributed by atoms with Crippen molar-refractivity contribution >= 4 is 22.6 Å². The van der Waals surface area contributed by atoms with Gasteiger partial charge in [-0.25, -0.2) is 4.98 Å². The molecule has 1 amide bonds. The lowest BCUT2D eigenvalue weighted by atomic mass is 9.93. The third-order valence-electron chi connectivity index (χ3n) is 4.76. The number of carbonyl (C=O) groups excluding carboxylic acids is 1. The number of rotatable bonds is 5. The minimum atomic E-state index is -0.151. The molecule has 2 aliphatic rings. The van der Waals surface area contributed by atoms with Crippen molar-refractivity contribution in [3.63, 3.8) is 0 Å². The molecule has 132 valence electrons. The van der Waals surface area contributed by atoms with E-state index in [1.165, 1.54) is 22.7 Å². The molecule has 1 N–H and O–H groups in total. The van der Waals surface area contributed by atoms with Crippen LogP contribution in [0.2, 0.25) is 0 Å². The van der Waals surface area contributed by atoms with Gasteiger partial charge in [-0.2, -0.15) is 4.37 Å². The van der Waals surface area contributed by atoms with Crippen molar-refractivity contribution < 1.29 is 4.79 Å². The number of nitrogens with zero attached hydrogens (tertiary/aromatic N) is 4. The average molecular weight is 357 g/mol. The molecule has 0 bridgehead atoms. The van der Waals surface area contributed by atoms with Crippen molar-refractivity contribution in [3.8, 4) is 0 Å². The number of hydrogen-bond donors (Lipinski definition) is 1. The van der Waals surface area contributed by atoms with Gasteiger partial charge in [0.05, 0.1) is 12.6 Å². The van der Waals surface area contributed by atoms with Crippen molar-refractivity contribution in [3.05, 3.63) is 41.2 Å². The van der Waals surface area contributed by atoms with Crippen molar-refractivity contribution in [1.29, 1.82) is 0 Å². The fourth-order valence-corrected chi connectivity index (χ4v) is 3.79. The first kappa shape index (κ1) is 16.5.